The molecule has 1 aliphatic rings. The van der Waals surface area contributed by atoms with Gasteiger partial charge in [0.1, 0.15) is 16.7 Å². The highest BCUT2D eigenvalue weighted by atomic mass is 32.2. The molecule has 0 aromatic heterocycles. The smallest absolute Gasteiger partial charge is 0.253 e. The van der Waals surface area contributed by atoms with Crippen molar-refractivity contribution >= 4 is 21.6 Å². The summed E-state index contributed by atoms with van der Waals surface area (Å²) in [5.74, 6) is -0.0380. The molecule has 0 radical (unpaired) electrons. The van der Waals surface area contributed by atoms with Crippen LogP contribution in [-0.2, 0) is 19.6 Å². The van der Waals surface area contributed by atoms with Crippen LogP contribution in [0, 0.1) is 0 Å². The average Bonchev–Trinajstić information content (AvgIpc) is 3.13. The third kappa shape index (κ3) is 4.98. The molecule has 2 rings (SSSR count). The number of anilines is 1. The minimum atomic E-state index is -3.73. The molecule has 0 spiro atoms. The lowest BCUT2D eigenvalue weighted by atomic mass is 10.2. The van der Waals surface area contributed by atoms with Crippen molar-refractivity contribution in [1.29, 1.82) is 0 Å². The van der Waals surface area contributed by atoms with E-state index in [4.69, 9.17) is 15.2 Å². The van der Waals surface area contributed by atoms with Gasteiger partial charge in [-0.05, 0) is 38.0 Å². The van der Waals surface area contributed by atoms with Gasteiger partial charge in [-0.3, -0.25) is 4.79 Å². The monoisotopic (exact) mass is 399 g/mol. The van der Waals surface area contributed by atoms with Crippen LogP contribution in [0.5, 0.6) is 5.75 Å². The highest BCUT2D eigenvalue weighted by molar-refractivity contribution is 7.89. The topological polar surface area (TPSA) is 111 Å². The van der Waals surface area contributed by atoms with E-state index in [1.807, 2.05) is 0 Å². The Kier molecular flexibility index (Phi) is 7.60. The van der Waals surface area contributed by atoms with Gasteiger partial charge in [-0.1, -0.05) is 13.8 Å². The number of carbonyl (C=O) groups is 1. The number of hydrogen-bond acceptors (Lipinski definition) is 6. The van der Waals surface area contributed by atoms with Crippen molar-refractivity contribution in [1.82, 2.24) is 4.31 Å². The van der Waals surface area contributed by atoms with E-state index in [9.17, 15) is 13.2 Å². The second-order valence-electron chi connectivity index (χ2n) is 6.23. The number of amides is 1. The van der Waals surface area contributed by atoms with Crippen LogP contribution in [0.25, 0.3) is 0 Å². The zero-order valence-corrected chi connectivity index (χ0v) is 16.9. The molecule has 2 atom stereocenters. The highest BCUT2D eigenvalue weighted by Crippen LogP contribution is 2.30. The number of sulfonamides is 1. The van der Waals surface area contributed by atoms with Crippen molar-refractivity contribution in [3.8, 4) is 5.75 Å². The second-order valence-corrected chi connectivity index (χ2v) is 8.14. The Morgan fingerprint density at radius 3 is 2.56 bits per heavy atom. The lowest BCUT2D eigenvalue weighted by molar-refractivity contribution is -0.126. The molecular weight excluding hydrogens is 370 g/mol. The number of rotatable bonds is 9. The maximum atomic E-state index is 13.0. The normalized spacial score (nSPS) is 20.0. The van der Waals surface area contributed by atoms with Crippen molar-refractivity contribution in [3.05, 3.63) is 18.2 Å². The van der Waals surface area contributed by atoms with Crippen LogP contribution >= 0.6 is 0 Å². The summed E-state index contributed by atoms with van der Waals surface area (Å²) in [5, 5.41) is 2.74. The largest absolute Gasteiger partial charge is 0.492 e. The molecule has 0 bridgehead atoms. The lowest BCUT2D eigenvalue weighted by Crippen LogP contribution is -2.31. The Hall–Kier alpha value is -1.68. The number of hydrogen-bond donors (Lipinski definition) is 2. The summed E-state index contributed by atoms with van der Waals surface area (Å²) in [4.78, 5) is 12.5. The first-order valence-electron chi connectivity index (χ1n) is 9.30. The van der Waals surface area contributed by atoms with Gasteiger partial charge in [0.25, 0.3) is 5.91 Å². The van der Waals surface area contributed by atoms with Gasteiger partial charge >= 0.3 is 0 Å². The first kappa shape index (κ1) is 21.6. The number of carbonyl (C=O) groups excluding carboxylic acids is 1. The van der Waals surface area contributed by atoms with Crippen molar-refractivity contribution in [2.24, 2.45) is 5.73 Å². The van der Waals surface area contributed by atoms with Gasteiger partial charge in [0.15, 0.2) is 0 Å². The number of nitrogens with two attached hydrogens (primary N) is 1. The first-order chi connectivity index (χ1) is 12.9. The molecule has 0 saturated carbocycles. The zero-order valence-electron chi connectivity index (χ0n) is 16.1. The molecular formula is C18H29N3O5S. The Labute approximate surface area is 161 Å². The Morgan fingerprint density at radius 1 is 1.30 bits per heavy atom. The maximum Gasteiger partial charge on any atom is 0.253 e. The van der Waals surface area contributed by atoms with Crippen LogP contribution in [-0.4, -0.2) is 57.1 Å². The Morgan fingerprint density at radius 2 is 2.00 bits per heavy atom. The van der Waals surface area contributed by atoms with Crippen molar-refractivity contribution in [3.63, 3.8) is 0 Å². The summed E-state index contributed by atoms with van der Waals surface area (Å²) in [6.07, 6.45) is 0.641. The predicted octanol–water partition coefficient (Wildman–Crippen LogP) is 1.56. The Bertz CT molecular complexity index is 749. The van der Waals surface area contributed by atoms with E-state index in [-0.39, 0.29) is 22.7 Å². The van der Waals surface area contributed by atoms with Crippen LogP contribution in [0.1, 0.15) is 33.6 Å². The van der Waals surface area contributed by atoms with E-state index < -0.39 is 16.1 Å². The van der Waals surface area contributed by atoms with E-state index in [1.165, 1.54) is 10.4 Å². The molecule has 1 fully saturated rings. The average molecular weight is 400 g/mol. The van der Waals surface area contributed by atoms with Crippen molar-refractivity contribution in [2.45, 2.75) is 50.7 Å². The molecule has 27 heavy (non-hydrogen) atoms. The molecule has 152 valence electrons. The first-order valence-corrected chi connectivity index (χ1v) is 10.7. The van der Waals surface area contributed by atoms with Crippen LogP contribution in [0.3, 0.4) is 0 Å². The third-order valence-electron chi connectivity index (χ3n) is 4.50. The van der Waals surface area contributed by atoms with Gasteiger partial charge in [0.05, 0.1) is 12.7 Å². The fraction of sp³-hybridized carbons (Fsp3) is 0.611. The summed E-state index contributed by atoms with van der Waals surface area (Å²) in [6.45, 7) is 6.74. The van der Waals surface area contributed by atoms with E-state index in [1.54, 1.807) is 32.9 Å². The molecule has 1 heterocycles. The third-order valence-corrected chi connectivity index (χ3v) is 6.57. The molecule has 1 saturated heterocycles. The van der Waals surface area contributed by atoms with Crippen molar-refractivity contribution in [2.75, 3.05) is 31.6 Å². The molecule has 1 aromatic carbocycles. The van der Waals surface area contributed by atoms with Gasteiger partial charge in [-0.15, -0.1) is 0 Å². The summed E-state index contributed by atoms with van der Waals surface area (Å²) < 4.78 is 38.4. The molecule has 3 N–H and O–H groups in total. The summed E-state index contributed by atoms with van der Waals surface area (Å²) in [7, 11) is -3.73. The van der Waals surface area contributed by atoms with E-state index in [2.05, 4.69) is 5.32 Å². The number of ether oxygens (including phenoxy) is 2. The number of nitrogens with zero attached hydrogens (tertiary/aromatic N) is 1. The maximum absolute atomic E-state index is 13.0. The van der Waals surface area contributed by atoms with Crippen LogP contribution < -0.4 is 15.8 Å². The van der Waals surface area contributed by atoms with Crippen LogP contribution in [0.4, 0.5) is 5.69 Å². The molecule has 0 unspecified atom stereocenters. The number of benzene rings is 1. The second kappa shape index (κ2) is 9.50. The minimum absolute atomic E-state index is 0.0398. The molecule has 9 heteroatoms. The SMILES string of the molecule is CCOc1ccc(NC(=O)[C@@H]2CC[C@H](CN)O2)cc1S(=O)(=O)N(CC)CC. The molecule has 1 amide bonds. The summed E-state index contributed by atoms with van der Waals surface area (Å²) in [6, 6.07) is 4.62. The van der Waals surface area contributed by atoms with Gasteiger partial charge in [-0.25, -0.2) is 8.42 Å². The van der Waals surface area contributed by atoms with E-state index in [0.29, 0.717) is 38.3 Å². The molecule has 1 aromatic rings. The zero-order chi connectivity index (χ0) is 20.0. The van der Waals surface area contributed by atoms with Gasteiger partial charge in [0.2, 0.25) is 10.0 Å². The van der Waals surface area contributed by atoms with E-state index in [0.717, 1.165) is 6.42 Å². The quantitative estimate of drug-likeness (QED) is 0.652. The van der Waals surface area contributed by atoms with Crippen molar-refractivity contribution < 1.29 is 22.7 Å². The summed E-state index contributed by atoms with van der Waals surface area (Å²) in [5.41, 5.74) is 5.96. The number of nitrogens with one attached hydrogen (secondary N) is 1. The molecule has 8 nitrogen and oxygen atoms in total. The van der Waals surface area contributed by atoms with Crippen LogP contribution in [0.2, 0.25) is 0 Å². The molecule has 0 aliphatic carbocycles. The summed E-state index contributed by atoms with van der Waals surface area (Å²) >= 11 is 0. The molecule has 1 aliphatic heterocycles. The van der Waals surface area contributed by atoms with Gasteiger partial charge in [-0.2, -0.15) is 4.31 Å². The highest BCUT2D eigenvalue weighted by Gasteiger charge is 2.31. The minimum Gasteiger partial charge on any atom is -0.492 e. The Balaban J connectivity index is 2.28. The fourth-order valence-corrected chi connectivity index (χ4v) is 4.67. The predicted molar refractivity (Wildman–Crippen MR) is 103 cm³/mol. The lowest BCUT2D eigenvalue weighted by Gasteiger charge is -2.21. The fourth-order valence-electron chi connectivity index (χ4n) is 3.06. The van der Waals surface area contributed by atoms with E-state index >= 15 is 0 Å². The van der Waals surface area contributed by atoms with Gasteiger partial charge < -0.3 is 20.5 Å². The van der Waals surface area contributed by atoms with Gasteiger partial charge in [0, 0.05) is 25.3 Å². The van der Waals surface area contributed by atoms with Crippen LogP contribution in [0.15, 0.2) is 23.1 Å². The standard InChI is InChI=1S/C18H29N3O5S/c1-4-21(5-2)27(23,24)17-11-13(7-9-15(17)25-6-3)20-18(22)16-10-8-14(12-19)26-16/h7,9,11,14,16H,4-6,8,10,12,19H2,1-3H3,(H,20,22)/t14-,16+/m1/s1.